The number of hydrogen-bond acceptors (Lipinski definition) is 3. The second-order valence-corrected chi connectivity index (χ2v) is 8.00. The monoisotopic (exact) mass is 395 g/mol. The SMILES string of the molecule is CC(=O)C1CC(Sc2cc(C(=O)Nc3ccc(F)c(Cl)c3)ccc2F)C1. The summed E-state index contributed by atoms with van der Waals surface area (Å²) in [6, 6.07) is 7.99. The molecular weight excluding hydrogens is 380 g/mol. The number of nitrogens with one attached hydrogen (secondary N) is 1. The number of carbonyl (C=O) groups excluding carboxylic acids is 2. The summed E-state index contributed by atoms with van der Waals surface area (Å²) in [5, 5.41) is 2.69. The van der Waals surface area contributed by atoms with Gasteiger partial charge in [-0.25, -0.2) is 8.78 Å². The topological polar surface area (TPSA) is 46.2 Å². The highest BCUT2D eigenvalue weighted by atomic mass is 35.5. The van der Waals surface area contributed by atoms with Gasteiger partial charge in [0.05, 0.1) is 5.02 Å². The summed E-state index contributed by atoms with van der Waals surface area (Å²) in [6.45, 7) is 1.57. The molecule has 26 heavy (non-hydrogen) atoms. The summed E-state index contributed by atoms with van der Waals surface area (Å²) in [5.41, 5.74) is 0.639. The van der Waals surface area contributed by atoms with E-state index in [0.29, 0.717) is 10.6 Å². The van der Waals surface area contributed by atoms with Gasteiger partial charge in [-0.15, -0.1) is 11.8 Å². The van der Waals surface area contributed by atoms with E-state index in [0.717, 1.165) is 18.9 Å². The molecule has 1 N–H and O–H groups in total. The van der Waals surface area contributed by atoms with Gasteiger partial charge in [0.1, 0.15) is 17.4 Å². The molecule has 3 rings (SSSR count). The van der Waals surface area contributed by atoms with Crippen molar-refractivity contribution in [3.63, 3.8) is 0 Å². The highest BCUT2D eigenvalue weighted by molar-refractivity contribution is 8.00. The van der Waals surface area contributed by atoms with Crippen molar-refractivity contribution in [3.05, 3.63) is 58.6 Å². The van der Waals surface area contributed by atoms with Crippen LogP contribution >= 0.6 is 23.4 Å². The molecular formula is C19H16ClF2NO2S. The van der Waals surface area contributed by atoms with Gasteiger partial charge in [0.15, 0.2) is 0 Å². The molecule has 1 aliphatic rings. The van der Waals surface area contributed by atoms with Gasteiger partial charge in [-0.2, -0.15) is 0 Å². The quantitative estimate of drug-likeness (QED) is 0.744. The Bertz CT molecular complexity index is 869. The van der Waals surface area contributed by atoms with Crippen LogP contribution in [0.4, 0.5) is 14.5 Å². The molecule has 1 aliphatic carbocycles. The van der Waals surface area contributed by atoms with Crippen molar-refractivity contribution in [2.75, 3.05) is 5.32 Å². The van der Waals surface area contributed by atoms with Crippen LogP contribution < -0.4 is 5.32 Å². The van der Waals surface area contributed by atoms with Gasteiger partial charge >= 0.3 is 0 Å². The Kier molecular flexibility index (Phi) is 5.63. The molecule has 0 radical (unpaired) electrons. The number of amides is 1. The average molecular weight is 396 g/mol. The van der Waals surface area contributed by atoms with Crippen molar-refractivity contribution in [1.82, 2.24) is 0 Å². The van der Waals surface area contributed by atoms with Crippen molar-refractivity contribution < 1.29 is 18.4 Å². The average Bonchev–Trinajstić information content (AvgIpc) is 2.55. The van der Waals surface area contributed by atoms with Crippen molar-refractivity contribution >= 4 is 40.7 Å². The number of hydrogen-bond donors (Lipinski definition) is 1. The molecule has 0 bridgehead atoms. The lowest BCUT2D eigenvalue weighted by Crippen LogP contribution is -2.31. The van der Waals surface area contributed by atoms with Crippen LogP contribution in [0.2, 0.25) is 5.02 Å². The van der Waals surface area contributed by atoms with E-state index in [1.54, 1.807) is 6.92 Å². The molecule has 2 aromatic carbocycles. The van der Waals surface area contributed by atoms with Crippen molar-refractivity contribution in [3.8, 4) is 0 Å². The first-order chi connectivity index (χ1) is 12.3. The van der Waals surface area contributed by atoms with E-state index >= 15 is 0 Å². The maximum atomic E-state index is 14.1. The van der Waals surface area contributed by atoms with E-state index in [4.69, 9.17) is 11.6 Å². The van der Waals surface area contributed by atoms with Crippen molar-refractivity contribution in [1.29, 1.82) is 0 Å². The molecule has 0 saturated heterocycles. The molecule has 136 valence electrons. The largest absolute Gasteiger partial charge is 0.322 e. The van der Waals surface area contributed by atoms with Gasteiger partial charge in [-0.3, -0.25) is 9.59 Å². The lowest BCUT2D eigenvalue weighted by atomic mass is 9.82. The van der Waals surface area contributed by atoms with E-state index in [1.807, 2.05) is 0 Å². The lowest BCUT2D eigenvalue weighted by molar-refractivity contribution is -0.122. The second kappa shape index (κ2) is 7.76. The Morgan fingerprint density at radius 1 is 1.12 bits per heavy atom. The Labute approximate surface area is 159 Å². The number of carbonyl (C=O) groups is 2. The summed E-state index contributed by atoms with van der Waals surface area (Å²) < 4.78 is 27.2. The highest BCUT2D eigenvalue weighted by Gasteiger charge is 2.33. The van der Waals surface area contributed by atoms with E-state index in [9.17, 15) is 18.4 Å². The molecule has 3 nitrogen and oxygen atoms in total. The molecule has 0 unspecified atom stereocenters. The third-order valence-corrected chi connectivity index (χ3v) is 5.91. The standard InChI is InChI=1S/C19H16ClF2NO2S/c1-10(24)12-6-14(7-12)26-18-8-11(2-4-17(18)22)19(25)23-13-3-5-16(21)15(20)9-13/h2-5,8-9,12,14H,6-7H2,1H3,(H,23,25). The van der Waals surface area contributed by atoms with Gasteiger partial charge in [-0.05, 0) is 56.2 Å². The summed E-state index contributed by atoms with van der Waals surface area (Å²) >= 11 is 7.04. The van der Waals surface area contributed by atoms with Gasteiger partial charge in [-0.1, -0.05) is 11.6 Å². The van der Waals surface area contributed by atoms with Crippen LogP contribution in [-0.2, 0) is 4.79 Å². The summed E-state index contributed by atoms with van der Waals surface area (Å²) in [4.78, 5) is 24.0. The molecule has 1 fully saturated rings. The molecule has 1 amide bonds. The maximum absolute atomic E-state index is 14.1. The van der Waals surface area contributed by atoms with Crippen molar-refractivity contribution in [2.45, 2.75) is 29.9 Å². The normalized spacial score (nSPS) is 18.9. The number of thioether (sulfide) groups is 1. The minimum absolute atomic E-state index is 0.0604. The van der Waals surface area contributed by atoms with Crippen LogP contribution in [0, 0.1) is 17.6 Å². The number of anilines is 1. The van der Waals surface area contributed by atoms with Crippen LogP contribution in [0.5, 0.6) is 0 Å². The molecule has 0 aromatic heterocycles. The Balaban J connectivity index is 1.69. The van der Waals surface area contributed by atoms with Crippen molar-refractivity contribution in [2.24, 2.45) is 5.92 Å². The third kappa shape index (κ3) is 4.24. The van der Waals surface area contributed by atoms with Gasteiger partial charge in [0.2, 0.25) is 0 Å². The van der Waals surface area contributed by atoms with Crippen LogP contribution in [0.1, 0.15) is 30.1 Å². The predicted octanol–water partition coefficient (Wildman–Crippen LogP) is 5.33. The third-order valence-electron chi connectivity index (χ3n) is 4.33. The Hall–Kier alpha value is -1.92. The minimum atomic E-state index is -0.575. The number of ketones is 1. The predicted molar refractivity (Wildman–Crippen MR) is 98.8 cm³/mol. The van der Waals surface area contributed by atoms with E-state index < -0.39 is 17.5 Å². The van der Waals surface area contributed by atoms with Crippen LogP contribution in [-0.4, -0.2) is 16.9 Å². The fraction of sp³-hybridized carbons (Fsp3) is 0.263. The van der Waals surface area contributed by atoms with E-state index in [1.165, 1.54) is 42.1 Å². The molecule has 0 heterocycles. The zero-order valence-corrected chi connectivity index (χ0v) is 15.5. The fourth-order valence-corrected chi connectivity index (χ4v) is 4.26. The van der Waals surface area contributed by atoms with Crippen LogP contribution in [0.15, 0.2) is 41.3 Å². The first-order valence-electron chi connectivity index (χ1n) is 8.06. The zero-order valence-electron chi connectivity index (χ0n) is 13.9. The number of benzene rings is 2. The first kappa shape index (κ1) is 18.9. The molecule has 7 heteroatoms. The number of Topliss-reactive ketones (excluding diaryl/α,β-unsaturated/α-hetero) is 1. The summed E-state index contributed by atoms with van der Waals surface area (Å²) in [6.07, 6.45) is 1.45. The molecule has 1 saturated carbocycles. The minimum Gasteiger partial charge on any atom is -0.322 e. The molecule has 0 atom stereocenters. The fourth-order valence-electron chi connectivity index (χ4n) is 2.69. The highest BCUT2D eigenvalue weighted by Crippen LogP contribution is 2.41. The number of rotatable bonds is 5. The van der Waals surface area contributed by atoms with Crippen LogP contribution in [0.3, 0.4) is 0 Å². The summed E-state index contributed by atoms with van der Waals surface area (Å²) in [5.74, 6) is -1.19. The second-order valence-electron chi connectivity index (χ2n) is 6.25. The lowest BCUT2D eigenvalue weighted by Gasteiger charge is -2.33. The van der Waals surface area contributed by atoms with E-state index in [2.05, 4.69) is 5.32 Å². The van der Waals surface area contributed by atoms with E-state index in [-0.39, 0.29) is 27.5 Å². The van der Waals surface area contributed by atoms with Gasteiger partial charge in [0.25, 0.3) is 5.91 Å². The maximum Gasteiger partial charge on any atom is 0.255 e. The Morgan fingerprint density at radius 3 is 2.46 bits per heavy atom. The molecule has 0 spiro atoms. The van der Waals surface area contributed by atoms with Gasteiger partial charge < -0.3 is 5.32 Å². The Morgan fingerprint density at radius 2 is 1.81 bits per heavy atom. The smallest absolute Gasteiger partial charge is 0.255 e. The summed E-state index contributed by atoms with van der Waals surface area (Å²) in [7, 11) is 0. The zero-order chi connectivity index (χ0) is 18.8. The van der Waals surface area contributed by atoms with Gasteiger partial charge in [0, 0.05) is 27.3 Å². The first-order valence-corrected chi connectivity index (χ1v) is 9.32. The molecule has 2 aromatic rings. The molecule has 0 aliphatic heterocycles. The van der Waals surface area contributed by atoms with Crippen LogP contribution in [0.25, 0.3) is 0 Å². The number of halogens is 3.